The first kappa shape index (κ1) is 14.8. The molecule has 0 radical (unpaired) electrons. The minimum absolute atomic E-state index is 0.00458. The van der Waals surface area contributed by atoms with Crippen LogP contribution in [-0.4, -0.2) is 44.4 Å². The Morgan fingerprint density at radius 2 is 2.35 bits per heavy atom. The number of carbonyl (C=O) groups is 2. The number of nitrogens with zero attached hydrogens (tertiary/aromatic N) is 2. The van der Waals surface area contributed by atoms with Crippen molar-refractivity contribution in [1.29, 1.82) is 0 Å². The molecule has 0 aromatic carbocycles. The van der Waals surface area contributed by atoms with Crippen LogP contribution in [0.2, 0.25) is 0 Å². The summed E-state index contributed by atoms with van der Waals surface area (Å²) in [6.45, 7) is 4.60. The molecule has 2 unspecified atom stereocenters. The summed E-state index contributed by atoms with van der Waals surface area (Å²) in [4.78, 5) is 29.4. The minimum Gasteiger partial charge on any atom is -0.480 e. The van der Waals surface area contributed by atoms with Gasteiger partial charge in [-0.15, -0.1) is 11.8 Å². The van der Waals surface area contributed by atoms with Crippen molar-refractivity contribution in [2.24, 2.45) is 5.92 Å². The van der Waals surface area contributed by atoms with Gasteiger partial charge >= 0.3 is 5.97 Å². The number of thioether (sulfide) groups is 1. The number of rotatable bonds is 4. The fraction of sp³-hybridized carbons (Fsp3) is 0.500. The Balaban J connectivity index is 2.39. The molecule has 1 aliphatic heterocycles. The van der Waals surface area contributed by atoms with Gasteiger partial charge in [-0.05, 0) is 17.5 Å². The molecule has 1 aromatic rings. The molecule has 5 nitrogen and oxygen atoms in total. The molecule has 0 aliphatic carbocycles. The number of hydrogen-bond acceptors (Lipinski definition) is 4. The van der Waals surface area contributed by atoms with Crippen LogP contribution in [0, 0.1) is 5.92 Å². The molecule has 1 aromatic heterocycles. The van der Waals surface area contributed by atoms with Crippen molar-refractivity contribution in [1.82, 2.24) is 9.88 Å². The molecule has 2 rings (SSSR count). The van der Waals surface area contributed by atoms with E-state index in [1.54, 1.807) is 23.4 Å². The predicted molar refractivity (Wildman–Crippen MR) is 77.4 cm³/mol. The number of aromatic nitrogens is 1. The lowest BCUT2D eigenvalue weighted by Crippen LogP contribution is -2.49. The lowest BCUT2D eigenvalue weighted by atomic mass is 10.0. The van der Waals surface area contributed by atoms with Gasteiger partial charge in [0.2, 0.25) is 5.91 Å². The highest BCUT2D eigenvalue weighted by Gasteiger charge is 2.41. The van der Waals surface area contributed by atoms with E-state index >= 15 is 0 Å². The van der Waals surface area contributed by atoms with Crippen LogP contribution >= 0.6 is 11.8 Å². The molecular weight excluding hydrogens is 276 g/mol. The highest BCUT2D eigenvalue weighted by atomic mass is 32.2. The SMILES string of the molecule is CC(C)CN1C(=O)CSC(C(=O)O)C1c1cccnc1. The van der Waals surface area contributed by atoms with Gasteiger partial charge in [0.15, 0.2) is 0 Å². The molecule has 1 saturated heterocycles. The van der Waals surface area contributed by atoms with Gasteiger partial charge in [-0.1, -0.05) is 19.9 Å². The van der Waals surface area contributed by atoms with Gasteiger partial charge in [0.05, 0.1) is 11.8 Å². The monoisotopic (exact) mass is 294 g/mol. The Morgan fingerprint density at radius 1 is 1.60 bits per heavy atom. The average molecular weight is 294 g/mol. The molecule has 2 atom stereocenters. The lowest BCUT2D eigenvalue weighted by Gasteiger charge is -2.40. The van der Waals surface area contributed by atoms with Gasteiger partial charge in [0.1, 0.15) is 5.25 Å². The largest absolute Gasteiger partial charge is 0.480 e. The van der Waals surface area contributed by atoms with Crippen molar-refractivity contribution in [3.63, 3.8) is 0 Å². The van der Waals surface area contributed by atoms with Crippen LogP contribution in [0.15, 0.2) is 24.5 Å². The van der Waals surface area contributed by atoms with Crippen molar-refractivity contribution in [2.75, 3.05) is 12.3 Å². The molecule has 1 N–H and O–H groups in total. The maximum atomic E-state index is 12.2. The van der Waals surface area contributed by atoms with Crippen molar-refractivity contribution >= 4 is 23.6 Å². The van der Waals surface area contributed by atoms with Gasteiger partial charge in [0.25, 0.3) is 0 Å². The number of carboxylic acids is 1. The third kappa shape index (κ3) is 3.12. The molecule has 1 amide bonds. The van der Waals surface area contributed by atoms with Crippen molar-refractivity contribution < 1.29 is 14.7 Å². The average Bonchev–Trinajstić information content (AvgIpc) is 2.41. The normalized spacial score (nSPS) is 23.1. The molecule has 1 aliphatic rings. The van der Waals surface area contributed by atoms with Crippen LogP contribution in [0.1, 0.15) is 25.5 Å². The number of hydrogen-bond donors (Lipinski definition) is 1. The smallest absolute Gasteiger partial charge is 0.319 e. The standard InChI is InChI=1S/C14H18N2O3S/c1-9(2)7-16-11(17)8-20-13(14(18)19)12(16)10-4-3-5-15-6-10/h3-6,9,12-13H,7-8H2,1-2H3,(H,18,19). The van der Waals surface area contributed by atoms with Crippen molar-refractivity contribution in [3.8, 4) is 0 Å². The second-order valence-electron chi connectivity index (χ2n) is 5.24. The zero-order valence-corrected chi connectivity index (χ0v) is 12.3. The zero-order valence-electron chi connectivity index (χ0n) is 11.5. The van der Waals surface area contributed by atoms with Crippen LogP contribution in [0.5, 0.6) is 0 Å². The summed E-state index contributed by atoms with van der Waals surface area (Å²) in [5, 5.41) is 8.79. The minimum atomic E-state index is -0.884. The van der Waals surface area contributed by atoms with Gasteiger partial charge in [0, 0.05) is 18.9 Å². The number of carboxylic acid groups (broad SMARTS) is 1. The maximum Gasteiger partial charge on any atom is 0.319 e. The maximum absolute atomic E-state index is 12.2. The third-order valence-electron chi connectivity index (χ3n) is 3.16. The highest BCUT2D eigenvalue weighted by Crippen LogP contribution is 2.37. The zero-order chi connectivity index (χ0) is 14.7. The Bertz CT molecular complexity index is 492. The molecule has 1 fully saturated rings. The molecule has 2 heterocycles. The first-order valence-corrected chi connectivity index (χ1v) is 7.59. The van der Waals surface area contributed by atoms with E-state index in [9.17, 15) is 14.7 Å². The first-order valence-electron chi connectivity index (χ1n) is 6.54. The number of carbonyl (C=O) groups excluding carboxylic acids is 1. The van der Waals surface area contributed by atoms with Crippen LogP contribution in [0.3, 0.4) is 0 Å². The van der Waals surface area contributed by atoms with E-state index in [1.165, 1.54) is 11.8 Å². The Kier molecular flexibility index (Phi) is 4.65. The van der Waals surface area contributed by atoms with Gasteiger partial charge in [-0.3, -0.25) is 14.6 Å². The number of amides is 1. The third-order valence-corrected chi connectivity index (χ3v) is 4.39. The molecule has 20 heavy (non-hydrogen) atoms. The summed E-state index contributed by atoms with van der Waals surface area (Å²) in [7, 11) is 0. The van der Waals surface area contributed by atoms with E-state index < -0.39 is 17.3 Å². The summed E-state index contributed by atoms with van der Waals surface area (Å²) in [5.74, 6) is -0.378. The van der Waals surface area contributed by atoms with Crippen LogP contribution in [0.25, 0.3) is 0 Å². The summed E-state index contributed by atoms with van der Waals surface area (Å²) in [5.41, 5.74) is 0.779. The van der Waals surface area contributed by atoms with Crippen LogP contribution in [0.4, 0.5) is 0 Å². The second-order valence-corrected chi connectivity index (χ2v) is 6.37. The second kappa shape index (κ2) is 6.26. The Labute approximate surface area is 122 Å². The number of aliphatic carboxylic acids is 1. The van der Waals surface area contributed by atoms with Gasteiger partial charge in [-0.25, -0.2) is 0 Å². The summed E-state index contributed by atoms with van der Waals surface area (Å²) in [6.07, 6.45) is 3.29. The van der Waals surface area contributed by atoms with E-state index in [2.05, 4.69) is 4.98 Å². The van der Waals surface area contributed by atoms with E-state index in [0.29, 0.717) is 6.54 Å². The van der Waals surface area contributed by atoms with Gasteiger partial charge < -0.3 is 10.0 Å². The molecule has 0 spiro atoms. The van der Waals surface area contributed by atoms with Gasteiger partial charge in [-0.2, -0.15) is 0 Å². The molecule has 6 heteroatoms. The molecule has 108 valence electrons. The van der Waals surface area contributed by atoms with Crippen molar-refractivity contribution in [2.45, 2.75) is 25.1 Å². The molecule has 0 bridgehead atoms. The molecular formula is C14H18N2O3S. The van der Waals surface area contributed by atoms with E-state index in [0.717, 1.165) is 5.56 Å². The summed E-state index contributed by atoms with van der Waals surface area (Å²) < 4.78 is 0. The van der Waals surface area contributed by atoms with E-state index in [4.69, 9.17) is 0 Å². The Morgan fingerprint density at radius 3 is 2.90 bits per heavy atom. The summed E-state index contributed by atoms with van der Waals surface area (Å²) >= 11 is 1.19. The molecule has 0 saturated carbocycles. The first-order chi connectivity index (χ1) is 9.50. The van der Waals surface area contributed by atoms with E-state index in [-0.39, 0.29) is 17.6 Å². The van der Waals surface area contributed by atoms with Crippen LogP contribution in [-0.2, 0) is 9.59 Å². The number of pyridine rings is 1. The van der Waals surface area contributed by atoms with E-state index in [1.807, 2.05) is 19.9 Å². The Hall–Kier alpha value is -1.56. The summed E-state index contributed by atoms with van der Waals surface area (Å²) in [6, 6.07) is 3.15. The topological polar surface area (TPSA) is 70.5 Å². The van der Waals surface area contributed by atoms with Crippen LogP contribution < -0.4 is 0 Å². The quantitative estimate of drug-likeness (QED) is 0.917. The van der Waals surface area contributed by atoms with Crippen molar-refractivity contribution in [3.05, 3.63) is 30.1 Å². The fourth-order valence-corrected chi connectivity index (χ4v) is 3.49. The highest BCUT2D eigenvalue weighted by molar-refractivity contribution is 8.01. The fourth-order valence-electron chi connectivity index (χ4n) is 2.37. The lowest BCUT2D eigenvalue weighted by molar-refractivity contribution is -0.140. The predicted octanol–water partition coefficient (Wildman–Crippen LogP) is 1.81.